The molecule has 0 fully saturated rings. The summed E-state index contributed by atoms with van der Waals surface area (Å²) in [5.74, 6) is 0. The fraction of sp³-hybridized carbons (Fsp3) is 0.412. The Kier molecular flexibility index (Phi) is 8.90. The van der Waals surface area contributed by atoms with E-state index in [1.165, 1.54) is 51.3 Å². The van der Waals surface area contributed by atoms with Crippen molar-refractivity contribution in [1.82, 2.24) is 10.6 Å². The van der Waals surface area contributed by atoms with Gasteiger partial charge in [0.2, 0.25) is 12.4 Å². The molecule has 0 radical (unpaired) electrons. The average molecular weight is 375 g/mol. The van der Waals surface area contributed by atoms with Crippen LogP contribution < -0.4 is 10.6 Å². The summed E-state index contributed by atoms with van der Waals surface area (Å²) in [6.45, 7) is 7.47. The van der Waals surface area contributed by atoms with Crippen LogP contribution in [0.5, 0.6) is 0 Å². The number of hydrogen-bond donors (Lipinski definition) is 2. The SMILES string of the molecule is CSC(=NC#N)NCc1c(C)cc(C)c(CNC(=NC#N)SC)c1C. The van der Waals surface area contributed by atoms with Crippen LogP contribution in [0.2, 0.25) is 0 Å². The zero-order valence-electron chi connectivity index (χ0n) is 15.1. The molecule has 8 heteroatoms. The van der Waals surface area contributed by atoms with Crippen molar-refractivity contribution >= 4 is 33.9 Å². The third-order valence-electron chi connectivity index (χ3n) is 3.81. The van der Waals surface area contributed by atoms with Crippen molar-refractivity contribution < 1.29 is 0 Å². The summed E-state index contributed by atoms with van der Waals surface area (Å²) in [6.07, 6.45) is 7.38. The van der Waals surface area contributed by atoms with Crippen LogP contribution in [0, 0.1) is 43.7 Å². The first-order valence-corrected chi connectivity index (χ1v) is 10.0. The van der Waals surface area contributed by atoms with E-state index in [1.807, 2.05) is 24.9 Å². The fourth-order valence-corrected chi connectivity index (χ4v) is 3.25. The van der Waals surface area contributed by atoms with E-state index in [1.54, 1.807) is 0 Å². The Morgan fingerprint density at radius 2 is 1.32 bits per heavy atom. The molecule has 6 nitrogen and oxygen atoms in total. The smallest absolute Gasteiger partial charge is 0.208 e. The summed E-state index contributed by atoms with van der Waals surface area (Å²) < 4.78 is 0. The van der Waals surface area contributed by atoms with Crippen molar-refractivity contribution in [3.63, 3.8) is 0 Å². The number of nitrogens with one attached hydrogen (secondary N) is 2. The van der Waals surface area contributed by atoms with Gasteiger partial charge in [-0.15, -0.1) is 9.98 Å². The van der Waals surface area contributed by atoms with Gasteiger partial charge < -0.3 is 10.6 Å². The maximum Gasteiger partial charge on any atom is 0.208 e. The Morgan fingerprint density at radius 1 is 0.920 bits per heavy atom. The molecule has 0 saturated carbocycles. The van der Waals surface area contributed by atoms with Crippen LogP contribution in [0.3, 0.4) is 0 Å². The van der Waals surface area contributed by atoms with Gasteiger partial charge in [0.1, 0.15) is 0 Å². The molecule has 0 bridgehead atoms. The molecular formula is C17H22N6S2. The molecule has 0 aliphatic rings. The zero-order chi connectivity index (χ0) is 18.8. The number of thioether (sulfide) groups is 2. The van der Waals surface area contributed by atoms with Gasteiger partial charge in [0.05, 0.1) is 0 Å². The molecule has 1 rings (SSSR count). The van der Waals surface area contributed by atoms with Crippen molar-refractivity contribution in [2.75, 3.05) is 12.5 Å². The van der Waals surface area contributed by atoms with Gasteiger partial charge in [0.15, 0.2) is 10.3 Å². The minimum Gasteiger partial charge on any atom is -0.360 e. The summed E-state index contributed by atoms with van der Waals surface area (Å²) in [7, 11) is 0. The Morgan fingerprint density at radius 3 is 1.64 bits per heavy atom. The summed E-state index contributed by atoms with van der Waals surface area (Å²) in [5, 5.41) is 25.0. The largest absolute Gasteiger partial charge is 0.360 e. The van der Waals surface area contributed by atoms with Gasteiger partial charge in [-0.05, 0) is 61.1 Å². The highest BCUT2D eigenvalue weighted by Crippen LogP contribution is 2.23. The Hall–Kier alpha value is -2.16. The topological polar surface area (TPSA) is 96.4 Å². The molecular weight excluding hydrogens is 352 g/mol. The molecule has 25 heavy (non-hydrogen) atoms. The lowest BCUT2D eigenvalue weighted by Crippen LogP contribution is -2.23. The van der Waals surface area contributed by atoms with Crippen LogP contribution in [0.15, 0.2) is 16.1 Å². The van der Waals surface area contributed by atoms with Crippen LogP contribution in [-0.4, -0.2) is 22.8 Å². The Bertz CT molecular complexity index is 696. The van der Waals surface area contributed by atoms with Crippen LogP contribution in [-0.2, 0) is 13.1 Å². The van der Waals surface area contributed by atoms with Gasteiger partial charge in [0, 0.05) is 13.1 Å². The molecule has 0 aliphatic heterocycles. The molecule has 1 aromatic carbocycles. The molecule has 0 unspecified atom stereocenters. The zero-order valence-corrected chi connectivity index (χ0v) is 16.7. The highest BCUT2D eigenvalue weighted by molar-refractivity contribution is 8.13. The first-order chi connectivity index (χ1) is 12.0. The molecule has 0 amide bonds. The number of benzene rings is 1. The van der Waals surface area contributed by atoms with Crippen molar-refractivity contribution in [3.8, 4) is 12.4 Å². The van der Waals surface area contributed by atoms with Crippen LogP contribution in [0.1, 0.15) is 27.8 Å². The summed E-state index contributed by atoms with van der Waals surface area (Å²) in [4.78, 5) is 7.52. The van der Waals surface area contributed by atoms with Crippen LogP contribution in [0.4, 0.5) is 0 Å². The van der Waals surface area contributed by atoms with E-state index in [0.717, 1.165) is 0 Å². The fourth-order valence-electron chi connectivity index (χ4n) is 2.55. The van der Waals surface area contributed by atoms with E-state index in [-0.39, 0.29) is 0 Å². The summed E-state index contributed by atoms with van der Waals surface area (Å²) in [6, 6.07) is 2.15. The van der Waals surface area contributed by atoms with Crippen LogP contribution >= 0.6 is 23.5 Å². The van der Waals surface area contributed by atoms with Gasteiger partial charge in [-0.2, -0.15) is 10.5 Å². The second-order valence-corrected chi connectivity index (χ2v) is 6.83. The molecule has 2 N–H and O–H groups in total. The molecule has 0 atom stereocenters. The molecule has 0 aromatic heterocycles. The van der Waals surface area contributed by atoms with Crippen molar-refractivity contribution in [2.45, 2.75) is 33.9 Å². The average Bonchev–Trinajstić information content (AvgIpc) is 2.59. The lowest BCUT2D eigenvalue weighted by atomic mass is 9.93. The first-order valence-electron chi connectivity index (χ1n) is 7.56. The van der Waals surface area contributed by atoms with Gasteiger partial charge in [-0.25, -0.2) is 0 Å². The quantitative estimate of drug-likeness (QED) is 0.477. The number of rotatable bonds is 4. The van der Waals surface area contributed by atoms with Gasteiger partial charge in [-0.3, -0.25) is 0 Å². The Labute approximate surface area is 157 Å². The van der Waals surface area contributed by atoms with E-state index in [2.05, 4.69) is 47.5 Å². The molecule has 1 aromatic rings. The van der Waals surface area contributed by atoms with E-state index in [4.69, 9.17) is 10.5 Å². The maximum absolute atomic E-state index is 8.71. The third-order valence-corrected chi connectivity index (χ3v) is 5.06. The van der Waals surface area contributed by atoms with E-state index in [9.17, 15) is 0 Å². The minimum absolute atomic E-state index is 0.604. The van der Waals surface area contributed by atoms with Crippen molar-refractivity contribution in [3.05, 3.63) is 33.9 Å². The van der Waals surface area contributed by atoms with Crippen molar-refractivity contribution in [1.29, 1.82) is 10.5 Å². The number of hydrogen-bond acceptors (Lipinski definition) is 6. The lowest BCUT2D eigenvalue weighted by Gasteiger charge is -2.19. The standard InChI is InChI=1S/C17H22N6S2/c1-11-6-12(2)15(8-21-17(25-5)23-10-19)13(3)14(11)7-20-16(24-4)22-9-18/h6H,7-8H2,1-5H3,(H,20,22)(H,21,23). The monoisotopic (exact) mass is 374 g/mol. The number of nitriles is 2. The number of aliphatic imine (C=N–C) groups is 2. The number of nitrogens with zero attached hydrogens (tertiary/aromatic N) is 4. The van der Waals surface area contributed by atoms with Gasteiger partial charge in [0.25, 0.3) is 0 Å². The molecule has 0 aliphatic carbocycles. The van der Waals surface area contributed by atoms with Gasteiger partial charge >= 0.3 is 0 Å². The summed E-state index contributed by atoms with van der Waals surface area (Å²) >= 11 is 2.82. The van der Waals surface area contributed by atoms with Crippen molar-refractivity contribution in [2.24, 2.45) is 9.98 Å². The highest BCUT2D eigenvalue weighted by Gasteiger charge is 2.12. The maximum atomic E-state index is 8.71. The third kappa shape index (κ3) is 6.00. The predicted octanol–water partition coefficient (Wildman–Crippen LogP) is 3.19. The minimum atomic E-state index is 0.604. The number of amidine groups is 2. The lowest BCUT2D eigenvalue weighted by molar-refractivity contribution is 0.865. The van der Waals surface area contributed by atoms with E-state index >= 15 is 0 Å². The number of aryl methyl sites for hydroxylation is 2. The molecule has 0 spiro atoms. The van der Waals surface area contributed by atoms with E-state index in [0.29, 0.717) is 23.4 Å². The molecule has 0 heterocycles. The van der Waals surface area contributed by atoms with E-state index < -0.39 is 0 Å². The first kappa shape index (κ1) is 20.9. The highest BCUT2D eigenvalue weighted by atomic mass is 32.2. The van der Waals surface area contributed by atoms with Gasteiger partial charge in [-0.1, -0.05) is 29.6 Å². The predicted molar refractivity (Wildman–Crippen MR) is 107 cm³/mol. The second-order valence-electron chi connectivity index (χ2n) is 5.24. The van der Waals surface area contributed by atoms with Crippen LogP contribution in [0.25, 0.3) is 0 Å². The normalized spacial score (nSPS) is 11.6. The second kappa shape index (κ2) is 10.7. The Balaban J connectivity index is 3.06. The molecule has 132 valence electrons. The summed E-state index contributed by atoms with van der Waals surface area (Å²) in [5.41, 5.74) is 5.95. The molecule has 0 saturated heterocycles.